The van der Waals surface area contributed by atoms with Gasteiger partial charge in [0.05, 0.1) is 20.7 Å². The normalized spacial score (nSPS) is 19.6. The number of benzene rings is 1. The molecular weight excluding hydrogens is 383 g/mol. The van der Waals surface area contributed by atoms with Gasteiger partial charge in [-0.2, -0.15) is 0 Å². The molecule has 0 radical (unpaired) electrons. The molecule has 6 nitrogen and oxygen atoms in total. The van der Waals surface area contributed by atoms with Crippen molar-refractivity contribution in [2.45, 2.75) is 12.8 Å². The molecule has 0 saturated carbocycles. The summed E-state index contributed by atoms with van der Waals surface area (Å²) < 4.78 is 0. The number of fused-ring (bicyclic) bond motifs is 2. The van der Waals surface area contributed by atoms with E-state index in [1.165, 1.54) is 30.0 Å². The standard InChI is InChI=1S/C16H18Cl2N4O2S/c17-11-7-12(18)10-6-9(11)13(19)8-14(20)25-5-2-15(23)21-3-1-4-22-16(10)24/h6-8,20H,1-5,19H2,(H,21,23)(H,22,24)/b13-8-,20-14?. The van der Waals surface area contributed by atoms with Crippen LogP contribution in [0.2, 0.25) is 10.0 Å². The fourth-order valence-electron chi connectivity index (χ4n) is 2.16. The van der Waals surface area contributed by atoms with Crippen LogP contribution in [-0.2, 0) is 4.79 Å². The lowest BCUT2D eigenvalue weighted by molar-refractivity contribution is -0.120. The molecule has 2 amide bonds. The summed E-state index contributed by atoms with van der Waals surface area (Å²) in [4.78, 5) is 24.0. The maximum atomic E-state index is 12.3. The lowest BCUT2D eigenvalue weighted by Gasteiger charge is -2.12. The largest absolute Gasteiger partial charge is 0.398 e. The fourth-order valence-corrected chi connectivity index (χ4v) is 3.46. The number of carbonyl (C=O) groups is 2. The van der Waals surface area contributed by atoms with Crippen LogP contribution in [0.25, 0.3) is 5.70 Å². The smallest absolute Gasteiger partial charge is 0.252 e. The predicted molar refractivity (Wildman–Crippen MR) is 103 cm³/mol. The second-order valence-corrected chi connectivity index (χ2v) is 7.28. The molecule has 25 heavy (non-hydrogen) atoms. The van der Waals surface area contributed by atoms with Crippen LogP contribution in [0, 0.1) is 5.41 Å². The van der Waals surface area contributed by atoms with Crippen molar-refractivity contribution in [1.82, 2.24) is 10.6 Å². The summed E-state index contributed by atoms with van der Waals surface area (Å²) >= 11 is 13.5. The maximum Gasteiger partial charge on any atom is 0.252 e. The van der Waals surface area contributed by atoms with Gasteiger partial charge in [0.1, 0.15) is 0 Å². The van der Waals surface area contributed by atoms with E-state index in [1.807, 2.05) is 0 Å². The van der Waals surface area contributed by atoms with Gasteiger partial charge in [-0.15, -0.1) is 11.8 Å². The molecule has 0 spiro atoms. The first-order chi connectivity index (χ1) is 11.9. The molecule has 0 fully saturated rings. The molecule has 9 heteroatoms. The molecule has 5 N–H and O–H groups in total. The zero-order valence-corrected chi connectivity index (χ0v) is 15.7. The van der Waals surface area contributed by atoms with Crippen LogP contribution in [0.4, 0.5) is 0 Å². The molecule has 0 saturated heterocycles. The second-order valence-electron chi connectivity index (χ2n) is 5.33. The van der Waals surface area contributed by atoms with E-state index in [0.717, 1.165) is 0 Å². The average Bonchev–Trinajstić information content (AvgIpc) is 2.53. The third kappa shape index (κ3) is 5.66. The quantitative estimate of drug-likeness (QED) is 0.536. The first kappa shape index (κ1) is 19.6. The third-order valence-corrected chi connectivity index (χ3v) is 4.91. The van der Waals surface area contributed by atoms with Crippen LogP contribution in [0.15, 0.2) is 18.2 Å². The van der Waals surface area contributed by atoms with Crippen LogP contribution in [0.1, 0.15) is 28.8 Å². The molecule has 0 atom stereocenters. The molecule has 0 aliphatic carbocycles. The number of hydrogen-bond donors (Lipinski definition) is 4. The van der Waals surface area contributed by atoms with Crippen LogP contribution < -0.4 is 16.4 Å². The minimum Gasteiger partial charge on any atom is -0.398 e. The number of rotatable bonds is 0. The molecule has 134 valence electrons. The van der Waals surface area contributed by atoms with Gasteiger partial charge in [-0.1, -0.05) is 23.2 Å². The number of amides is 2. The second kappa shape index (κ2) is 9.12. The van der Waals surface area contributed by atoms with Gasteiger partial charge in [0.25, 0.3) is 5.91 Å². The van der Waals surface area contributed by atoms with Crippen molar-refractivity contribution in [2.75, 3.05) is 18.8 Å². The Balaban J connectivity index is 2.34. The summed E-state index contributed by atoms with van der Waals surface area (Å²) in [6, 6.07) is 2.99. The number of halogens is 2. The first-order valence-corrected chi connectivity index (χ1v) is 9.35. The minimum atomic E-state index is -0.349. The Morgan fingerprint density at radius 2 is 1.76 bits per heavy atom. The van der Waals surface area contributed by atoms with Gasteiger partial charge in [-0.25, -0.2) is 0 Å². The summed E-state index contributed by atoms with van der Waals surface area (Å²) in [5.74, 6) is 0.0377. The van der Waals surface area contributed by atoms with Gasteiger partial charge in [-0.05, 0) is 24.6 Å². The summed E-state index contributed by atoms with van der Waals surface area (Å²) in [6.07, 6.45) is 2.35. The van der Waals surface area contributed by atoms with E-state index >= 15 is 0 Å². The summed E-state index contributed by atoms with van der Waals surface area (Å²) in [5, 5.41) is 14.2. The molecule has 1 aromatic carbocycles. The highest BCUT2D eigenvalue weighted by Gasteiger charge is 2.16. The van der Waals surface area contributed by atoms with Gasteiger partial charge < -0.3 is 16.4 Å². The summed E-state index contributed by atoms with van der Waals surface area (Å²) in [5.41, 5.74) is 6.98. The van der Waals surface area contributed by atoms with Crippen molar-refractivity contribution in [1.29, 1.82) is 5.41 Å². The SMILES string of the molecule is N=C1/C=C(\N)c2cc(c(Cl)cc2Cl)C(=O)NCCCNC(=O)CCS1. The van der Waals surface area contributed by atoms with Gasteiger partial charge >= 0.3 is 0 Å². The number of hydrogen-bond acceptors (Lipinski definition) is 5. The number of nitrogens with one attached hydrogen (secondary N) is 3. The zero-order valence-electron chi connectivity index (χ0n) is 13.3. The Kier molecular flexibility index (Phi) is 7.16. The Hall–Kier alpha value is -1.70. The lowest BCUT2D eigenvalue weighted by Crippen LogP contribution is -2.30. The highest BCUT2D eigenvalue weighted by Crippen LogP contribution is 2.29. The highest BCUT2D eigenvalue weighted by molar-refractivity contribution is 8.14. The fraction of sp³-hybridized carbons (Fsp3) is 0.312. The van der Waals surface area contributed by atoms with E-state index in [9.17, 15) is 9.59 Å². The van der Waals surface area contributed by atoms with Crippen molar-refractivity contribution in [3.05, 3.63) is 39.4 Å². The molecule has 1 heterocycles. The van der Waals surface area contributed by atoms with Crippen LogP contribution in [0.5, 0.6) is 0 Å². The lowest BCUT2D eigenvalue weighted by atomic mass is 10.1. The third-order valence-electron chi connectivity index (χ3n) is 3.45. The first-order valence-electron chi connectivity index (χ1n) is 7.61. The Morgan fingerprint density at radius 1 is 1.08 bits per heavy atom. The van der Waals surface area contributed by atoms with E-state index in [2.05, 4.69) is 10.6 Å². The average molecular weight is 401 g/mol. The molecular formula is C16H18Cl2N4O2S. The molecule has 0 aromatic heterocycles. The van der Waals surface area contributed by atoms with Gasteiger partial charge in [0.15, 0.2) is 0 Å². The van der Waals surface area contributed by atoms with Gasteiger partial charge in [-0.3, -0.25) is 15.0 Å². The molecule has 1 aliphatic heterocycles. The molecule has 2 bridgehead atoms. The Labute approximate surface area is 160 Å². The highest BCUT2D eigenvalue weighted by atomic mass is 35.5. The molecule has 1 aliphatic rings. The van der Waals surface area contributed by atoms with E-state index in [4.69, 9.17) is 34.3 Å². The van der Waals surface area contributed by atoms with Gasteiger partial charge in [0, 0.05) is 36.5 Å². The Bertz CT molecular complexity index is 737. The minimum absolute atomic E-state index is 0.0908. The van der Waals surface area contributed by atoms with E-state index in [1.54, 1.807) is 0 Å². The van der Waals surface area contributed by atoms with Crippen molar-refractivity contribution in [3.63, 3.8) is 0 Å². The van der Waals surface area contributed by atoms with Crippen molar-refractivity contribution in [3.8, 4) is 0 Å². The van der Waals surface area contributed by atoms with E-state index < -0.39 is 0 Å². The van der Waals surface area contributed by atoms with E-state index in [-0.39, 0.29) is 33.1 Å². The predicted octanol–water partition coefficient (Wildman–Crippen LogP) is 2.64. The summed E-state index contributed by atoms with van der Waals surface area (Å²) in [7, 11) is 0. The molecule has 0 unspecified atom stereocenters. The molecule has 2 rings (SSSR count). The van der Waals surface area contributed by atoms with E-state index in [0.29, 0.717) is 42.3 Å². The number of carbonyl (C=O) groups excluding carboxylic acids is 2. The van der Waals surface area contributed by atoms with Crippen LogP contribution in [-0.4, -0.2) is 35.7 Å². The Morgan fingerprint density at radius 3 is 2.52 bits per heavy atom. The van der Waals surface area contributed by atoms with Crippen molar-refractivity contribution >= 4 is 57.5 Å². The zero-order chi connectivity index (χ0) is 18.4. The monoisotopic (exact) mass is 400 g/mol. The van der Waals surface area contributed by atoms with Crippen molar-refractivity contribution < 1.29 is 9.59 Å². The molecule has 1 aromatic rings. The van der Waals surface area contributed by atoms with Crippen LogP contribution >= 0.6 is 35.0 Å². The summed E-state index contributed by atoms with van der Waals surface area (Å²) in [6.45, 7) is 0.867. The van der Waals surface area contributed by atoms with Crippen LogP contribution in [0.3, 0.4) is 0 Å². The van der Waals surface area contributed by atoms with Gasteiger partial charge in [0.2, 0.25) is 5.91 Å². The maximum absolute atomic E-state index is 12.3. The number of thioether (sulfide) groups is 1. The number of nitrogens with two attached hydrogens (primary N) is 1. The van der Waals surface area contributed by atoms with Crippen molar-refractivity contribution in [2.24, 2.45) is 5.73 Å². The topological polar surface area (TPSA) is 108 Å².